The van der Waals surface area contributed by atoms with Crippen molar-refractivity contribution in [3.63, 3.8) is 0 Å². The third-order valence-electron chi connectivity index (χ3n) is 4.55. The smallest absolute Gasteiger partial charge is 0.255 e. The molecule has 1 N–H and O–H groups in total. The van der Waals surface area contributed by atoms with Crippen LogP contribution in [0.3, 0.4) is 0 Å². The summed E-state index contributed by atoms with van der Waals surface area (Å²) in [5.41, 5.74) is 3.19. The highest BCUT2D eigenvalue weighted by molar-refractivity contribution is 6.31. The van der Waals surface area contributed by atoms with Gasteiger partial charge in [-0.1, -0.05) is 48.0 Å². The lowest BCUT2D eigenvalue weighted by molar-refractivity contribution is 0.0949. The van der Waals surface area contributed by atoms with E-state index in [-0.39, 0.29) is 5.91 Å². The quantitative estimate of drug-likeness (QED) is 0.491. The van der Waals surface area contributed by atoms with Crippen LogP contribution in [-0.4, -0.2) is 21.8 Å². The number of nitrogens with zero attached hydrogens (tertiary/aromatic N) is 2. The van der Waals surface area contributed by atoms with Crippen LogP contribution in [0, 0.1) is 0 Å². The number of hydrogen-bond donors (Lipinski definition) is 1. The normalized spacial score (nSPS) is 10.8. The summed E-state index contributed by atoms with van der Waals surface area (Å²) < 4.78 is 7.84. The Kier molecular flexibility index (Phi) is 5.77. The molecule has 0 spiro atoms. The first-order valence-corrected chi connectivity index (χ1v) is 9.74. The molecule has 2 aromatic heterocycles. The summed E-state index contributed by atoms with van der Waals surface area (Å²) in [5.74, 6) is 0.348. The van der Waals surface area contributed by atoms with Crippen molar-refractivity contribution < 1.29 is 9.53 Å². The fourth-order valence-corrected chi connectivity index (χ4v) is 3.25. The number of rotatable bonds is 7. The van der Waals surface area contributed by atoms with E-state index in [0.29, 0.717) is 35.9 Å². The minimum absolute atomic E-state index is 0.177. The van der Waals surface area contributed by atoms with Crippen molar-refractivity contribution >= 4 is 23.2 Å². The molecule has 5 nitrogen and oxygen atoms in total. The van der Waals surface area contributed by atoms with Gasteiger partial charge in [0.2, 0.25) is 0 Å². The highest BCUT2D eigenvalue weighted by Gasteiger charge is 2.12. The predicted molar refractivity (Wildman–Crippen MR) is 113 cm³/mol. The van der Waals surface area contributed by atoms with Gasteiger partial charge in [-0.05, 0) is 30.3 Å². The fourth-order valence-electron chi connectivity index (χ4n) is 3.06. The van der Waals surface area contributed by atoms with Crippen LogP contribution < -0.4 is 10.1 Å². The zero-order valence-corrected chi connectivity index (χ0v) is 16.5. The molecule has 0 aliphatic carbocycles. The molecule has 146 valence electrons. The number of ether oxygens (including phenoxy) is 1. The van der Waals surface area contributed by atoms with Crippen LogP contribution in [0.1, 0.15) is 21.6 Å². The molecule has 0 saturated heterocycles. The number of hydrogen-bond acceptors (Lipinski definition) is 3. The van der Waals surface area contributed by atoms with Gasteiger partial charge >= 0.3 is 0 Å². The molecule has 0 bridgehead atoms. The Morgan fingerprint density at radius 1 is 1.03 bits per heavy atom. The molecular weight excluding hydrogens is 386 g/mol. The van der Waals surface area contributed by atoms with E-state index in [2.05, 4.69) is 10.3 Å². The third kappa shape index (κ3) is 4.58. The van der Waals surface area contributed by atoms with E-state index < -0.39 is 0 Å². The minimum atomic E-state index is -0.177. The summed E-state index contributed by atoms with van der Waals surface area (Å²) in [6.45, 7) is 0.785. The Balaban J connectivity index is 1.37. The topological polar surface area (TPSA) is 55.6 Å². The molecule has 4 aromatic rings. The maximum Gasteiger partial charge on any atom is 0.255 e. The zero-order valence-electron chi connectivity index (χ0n) is 15.7. The number of fused-ring (bicyclic) bond motifs is 1. The summed E-state index contributed by atoms with van der Waals surface area (Å²) in [7, 11) is 0. The fraction of sp³-hybridized carbons (Fsp3) is 0.130. The van der Waals surface area contributed by atoms with E-state index in [1.165, 1.54) is 0 Å². The average Bonchev–Trinajstić information content (AvgIpc) is 3.16. The molecule has 4 rings (SSSR count). The maximum atomic E-state index is 12.7. The van der Waals surface area contributed by atoms with Crippen LogP contribution >= 0.6 is 11.6 Å². The van der Waals surface area contributed by atoms with Gasteiger partial charge in [-0.15, -0.1) is 0 Å². The van der Waals surface area contributed by atoms with E-state index in [1.807, 2.05) is 71.4 Å². The molecule has 29 heavy (non-hydrogen) atoms. The molecule has 0 unspecified atom stereocenters. The van der Waals surface area contributed by atoms with E-state index in [1.54, 1.807) is 12.1 Å². The van der Waals surface area contributed by atoms with Crippen LogP contribution in [0.25, 0.3) is 5.65 Å². The van der Waals surface area contributed by atoms with E-state index >= 15 is 0 Å². The van der Waals surface area contributed by atoms with Crippen LogP contribution in [-0.2, 0) is 13.0 Å². The molecule has 0 saturated carbocycles. The molecule has 1 amide bonds. The largest absolute Gasteiger partial charge is 0.488 e. The highest BCUT2D eigenvalue weighted by atomic mass is 35.5. The number of halogens is 1. The average molecular weight is 406 g/mol. The lowest BCUT2D eigenvalue weighted by atomic mass is 10.2. The summed E-state index contributed by atoms with van der Waals surface area (Å²) in [4.78, 5) is 17.2. The van der Waals surface area contributed by atoms with Gasteiger partial charge < -0.3 is 14.5 Å². The first kappa shape index (κ1) is 19.0. The number of pyridine rings is 1. The molecule has 0 fully saturated rings. The molecule has 0 aliphatic rings. The van der Waals surface area contributed by atoms with Crippen molar-refractivity contribution in [2.45, 2.75) is 13.0 Å². The second-order valence-corrected chi connectivity index (χ2v) is 6.99. The number of carbonyl (C=O) groups is 1. The highest BCUT2D eigenvalue weighted by Crippen LogP contribution is 2.22. The van der Waals surface area contributed by atoms with Crippen LogP contribution in [0.15, 0.2) is 79.1 Å². The van der Waals surface area contributed by atoms with Gasteiger partial charge in [-0.2, -0.15) is 0 Å². The number of carbonyl (C=O) groups excluding carboxylic acids is 1. The first-order chi connectivity index (χ1) is 14.2. The van der Waals surface area contributed by atoms with Crippen molar-refractivity contribution in [1.29, 1.82) is 0 Å². The Labute approximate surface area is 173 Å². The van der Waals surface area contributed by atoms with Crippen molar-refractivity contribution in [2.75, 3.05) is 6.54 Å². The first-order valence-electron chi connectivity index (χ1n) is 9.37. The Morgan fingerprint density at radius 2 is 1.83 bits per heavy atom. The van der Waals surface area contributed by atoms with Crippen molar-refractivity contribution in [3.8, 4) is 5.75 Å². The van der Waals surface area contributed by atoms with Crippen molar-refractivity contribution in [2.24, 2.45) is 0 Å². The second-order valence-electron chi connectivity index (χ2n) is 6.58. The lowest BCUT2D eigenvalue weighted by Crippen LogP contribution is -2.26. The molecule has 0 atom stereocenters. The molecule has 6 heteroatoms. The van der Waals surface area contributed by atoms with Gasteiger partial charge in [0.1, 0.15) is 18.0 Å². The van der Waals surface area contributed by atoms with Gasteiger partial charge in [0.05, 0.1) is 11.3 Å². The van der Waals surface area contributed by atoms with Gasteiger partial charge in [0.25, 0.3) is 5.91 Å². The van der Waals surface area contributed by atoms with Crippen LogP contribution in [0.2, 0.25) is 5.02 Å². The van der Waals surface area contributed by atoms with E-state index in [0.717, 1.165) is 16.9 Å². The minimum Gasteiger partial charge on any atom is -0.488 e. The number of imidazole rings is 1. The standard InChI is InChI=1S/C23H20ClN3O2/c24-20-9-3-1-7-17(20)16-29-21-10-4-2-8-19(21)23(28)25-13-12-18-15-27-14-6-5-11-22(27)26-18/h1-11,14-15H,12-13,16H2,(H,25,28). The molecule has 2 aromatic carbocycles. The van der Waals surface area contributed by atoms with E-state index in [9.17, 15) is 4.79 Å². The van der Waals surface area contributed by atoms with E-state index in [4.69, 9.17) is 16.3 Å². The predicted octanol–water partition coefficient (Wildman–Crippen LogP) is 4.54. The summed E-state index contributed by atoms with van der Waals surface area (Å²) >= 11 is 6.18. The SMILES string of the molecule is O=C(NCCc1cn2ccccc2n1)c1ccccc1OCc1ccccc1Cl. The Morgan fingerprint density at radius 3 is 2.69 bits per heavy atom. The monoisotopic (exact) mass is 405 g/mol. The van der Waals surface area contributed by atoms with Crippen LogP contribution in [0.5, 0.6) is 5.75 Å². The van der Waals surface area contributed by atoms with Gasteiger partial charge in [-0.25, -0.2) is 4.98 Å². The van der Waals surface area contributed by atoms with Crippen LogP contribution in [0.4, 0.5) is 0 Å². The third-order valence-corrected chi connectivity index (χ3v) is 4.92. The van der Waals surface area contributed by atoms with Gasteiger partial charge in [-0.3, -0.25) is 4.79 Å². The molecule has 2 heterocycles. The number of benzene rings is 2. The summed E-state index contributed by atoms with van der Waals surface area (Å²) in [6.07, 6.45) is 4.58. The van der Waals surface area contributed by atoms with Gasteiger partial charge in [0, 0.05) is 35.9 Å². The molecule has 0 aliphatic heterocycles. The number of nitrogens with one attached hydrogen (secondary N) is 1. The summed E-state index contributed by atoms with van der Waals surface area (Å²) in [6, 6.07) is 20.6. The summed E-state index contributed by atoms with van der Waals surface area (Å²) in [5, 5.41) is 3.59. The van der Waals surface area contributed by atoms with Crippen molar-refractivity contribution in [3.05, 3.63) is 101 Å². The maximum absolute atomic E-state index is 12.7. The lowest BCUT2D eigenvalue weighted by Gasteiger charge is -2.12. The van der Waals surface area contributed by atoms with Crippen molar-refractivity contribution in [1.82, 2.24) is 14.7 Å². The number of aromatic nitrogens is 2. The molecule has 0 radical (unpaired) electrons. The Bertz CT molecular complexity index is 1110. The molecular formula is C23H20ClN3O2. The zero-order chi connectivity index (χ0) is 20.1. The Hall–Kier alpha value is -3.31. The number of amides is 1. The van der Waals surface area contributed by atoms with Gasteiger partial charge in [0.15, 0.2) is 0 Å². The number of para-hydroxylation sites is 1. The second kappa shape index (κ2) is 8.80.